The van der Waals surface area contributed by atoms with Crippen LogP contribution in [0.15, 0.2) is 413 Å². The third kappa shape index (κ3) is 11.5. The molecule has 0 amide bonds. The monoisotopic (exact) mass is 1530 g/mol. The van der Waals surface area contributed by atoms with Gasteiger partial charge in [0.25, 0.3) is 0 Å². The molecule has 10 nitrogen and oxygen atoms in total. The lowest BCUT2D eigenvalue weighted by atomic mass is 9.98. The average Bonchev–Trinajstić information content (AvgIpc) is 1.58. The van der Waals surface area contributed by atoms with Crippen LogP contribution in [0.1, 0.15) is 0 Å². The number of hydrogen-bond acceptors (Lipinski definition) is 6. The second-order valence-electron chi connectivity index (χ2n) is 31.0. The van der Waals surface area contributed by atoms with E-state index in [4.69, 9.17) is 29.9 Å². The summed E-state index contributed by atoms with van der Waals surface area (Å²) in [6.45, 7) is 0. The molecule has 558 valence electrons. The first-order chi connectivity index (χ1) is 59.4. The molecule has 6 heterocycles. The quantitative estimate of drug-likeness (QED) is 0.114. The Kier molecular flexibility index (Phi) is 15.7. The van der Waals surface area contributed by atoms with Crippen LogP contribution in [0.25, 0.3) is 233 Å². The van der Waals surface area contributed by atoms with Gasteiger partial charge in [-0.25, -0.2) is 29.9 Å². The summed E-state index contributed by atoms with van der Waals surface area (Å²) >= 11 is 0. The summed E-state index contributed by atoms with van der Waals surface area (Å²) < 4.78 is 9.66. The molecule has 18 aromatic carbocycles. The van der Waals surface area contributed by atoms with Crippen LogP contribution in [0.2, 0.25) is 0 Å². The molecule has 24 aromatic rings. The van der Waals surface area contributed by atoms with E-state index in [1.165, 1.54) is 43.4 Å². The highest BCUT2D eigenvalue weighted by atomic mass is 15.1. The van der Waals surface area contributed by atoms with Gasteiger partial charge in [0.15, 0.2) is 34.9 Å². The first-order valence-corrected chi connectivity index (χ1v) is 40.6. The predicted octanol–water partition coefficient (Wildman–Crippen LogP) is 27.8. The Morgan fingerprint density at radius 2 is 0.350 bits per heavy atom. The highest BCUT2D eigenvalue weighted by molar-refractivity contribution is 6.17. The van der Waals surface area contributed by atoms with Crippen molar-refractivity contribution >= 4 is 109 Å². The van der Waals surface area contributed by atoms with E-state index >= 15 is 0 Å². The molecule has 0 spiro atoms. The molecule has 0 aliphatic rings. The van der Waals surface area contributed by atoms with Crippen molar-refractivity contribution in [1.29, 1.82) is 0 Å². The molecule has 0 aliphatic carbocycles. The van der Waals surface area contributed by atoms with Crippen LogP contribution in [0, 0.1) is 0 Å². The van der Waals surface area contributed by atoms with Crippen LogP contribution in [0.4, 0.5) is 0 Å². The van der Waals surface area contributed by atoms with Gasteiger partial charge in [-0.1, -0.05) is 267 Å². The van der Waals surface area contributed by atoms with Gasteiger partial charge >= 0.3 is 0 Å². The Morgan fingerprint density at radius 3 is 0.692 bits per heavy atom. The summed E-state index contributed by atoms with van der Waals surface area (Å²) in [7, 11) is 0. The minimum Gasteiger partial charge on any atom is -0.309 e. The maximum Gasteiger partial charge on any atom is 0.164 e. The van der Waals surface area contributed by atoms with Gasteiger partial charge in [0.2, 0.25) is 0 Å². The molecular weight excluding hydrogens is 1460 g/mol. The molecule has 24 rings (SSSR count). The maximum atomic E-state index is 5.15. The smallest absolute Gasteiger partial charge is 0.164 e. The zero-order valence-electron chi connectivity index (χ0n) is 64.7. The lowest BCUT2D eigenvalue weighted by Gasteiger charge is -2.12. The Labute approximate surface area is 689 Å². The molecule has 0 fully saturated rings. The Hall–Kier alpha value is -16.3. The van der Waals surface area contributed by atoms with E-state index in [0.717, 1.165) is 155 Å². The average molecular weight is 1530 g/mol. The van der Waals surface area contributed by atoms with Crippen molar-refractivity contribution in [2.45, 2.75) is 0 Å². The van der Waals surface area contributed by atoms with Crippen LogP contribution in [0.3, 0.4) is 0 Å². The molecule has 6 aromatic heterocycles. The number of nitrogens with zero attached hydrogens (tertiary/aromatic N) is 10. The molecule has 0 atom stereocenters. The number of benzene rings is 18. The topological polar surface area (TPSA) is 97.1 Å². The van der Waals surface area contributed by atoms with Crippen LogP contribution < -0.4 is 0 Å². The van der Waals surface area contributed by atoms with Crippen molar-refractivity contribution in [2.24, 2.45) is 0 Å². The van der Waals surface area contributed by atoms with Crippen molar-refractivity contribution < 1.29 is 0 Å². The summed E-state index contributed by atoms with van der Waals surface area (Å²) in [5.74, 6) is 3.77. The second kappa shape index (κ2) is 27.7. The summed E-state index contributed by atoms with van der Waals surface area (Å²) in [6.07, 6.45) is 0. The van der Waals surface area contributed by atoms with Crippen molar-refractivity contribution in [3.8, 4) is 124 Å². The molecular formula is C110H68N10. The zero-order valence-corrected chi connectivity index (χ0v) is 64.7. The highest BCUT2D eigenvalue weighted by Crippen LogP contribution is 2.45. The molecule has 120 heavy (non-hydrogen) atoms. The molecule has 0 unspecified atom stereocenters. The minimum atomic E-state index is 0.612. The Morgan fingerprint density at radius 1 is 0.125 bits per heavy atom. The first kappa shape index (κ1) is 68.1. The Balaban J connectivity index is 0.627. The largest absolute Gasteiger partial charge is 0.309 e. The fourth-order valence-corrected chi connectivity index (χ4v) is 18.2. The van der Waals surface area contributed by atoms with E-state index in [2.05, 4.69) is 334 Å². The van der Waals surface area contributed by atoms with Crippen LogP contribution in [-0.4, -0.2) is 48.2 Å². The minimum absolute atomic E-state index is 0.612. The lowest BCUT2D eigenvalue weighted by molar-refractivity contribution is 1.07. The molecule has 0 saturated carbocycles. The SMILES string of the molecule is c1ccc(-c2nc(-c3ccccc3)nc(-c3ccc4cc(-n5c6ccccc6c6cc(-c7ccc8c(c7)c7cc(-c9ccc%10c(c9)c9cc(-c%11ccc%12c(c%11)c%11ccccc%11n%12-c%11ccccc%11)ccc9n%10-c9ccc%10ccc(-c%11nc(-c%12ccccc%12)nc(-c%12ccccc%12)n%11)cc%10c9)ccc7n8-c7ccccc7)ccc65)ccc4c3)n2)cc1. The van der Waals surface area contributed by atoms with Crippen molar-refractivity contribution in [3.05, 3.63) is 413 Å². The van der Waals surface area contributed by atoms with Gasteiger partial charge < -0.3 is 18.3 Å². The summed E-state index contributed by atoms with van der Waals surface area (Å²) in [4.78, 5) is 30.4. The number of para-hydroxylation sites is 4. The predicted molar refractivity (Wildman–Crippen MR) is 495 cm³/mol. The summed E-state index contributed by atoms with van der Waals surface area (Å²) in [5.41, 5.74) is 25.9. The van der Waals surface area contributed by atoms with E-state index in [9.17, 15) is 0 Å². The summed E-state index contributed by atoms with van der Waals surface area (Å²) in [5, 5.41) is 13.9. The molecule has 0 saturated heterocycles. The molecule has 0 N–H and O–H groups in total. The molecule has 0 radical (unpaired) electrons. The third-order valence-electron chi connectivity index (χ3n) is 24.0. The lowest BCUT2D eigenvalue weighted by Crippen LogP contribution is -2.00. The maximum absolute atomic E-state index is 5.15. The van der Waals surface area contributed by atoms with Gasteiger partial charge in [-0.3, -0.25) is 0 Å². The second-order valence-corrected chi connectivity index (χ2v) is 31.0. The van der Waals surface area contributed by atoms with Gasteiger partial charge in [-0.05, 0) is 201 Å². The zero-order chi connectivity index (χ0) is 78.9. The van der Waals surface area contributed by atoms with Crippen molar-refractivity contribution in [1.82, 2.24) is 48.2 Å². The Bertz CT molecular complexity index is 8140. The van der Waals surface area contributed by atoms with Crippen LogP contribution in [-0.2, 0) is 0 Å². The first-order valence-electron chi connectivity index (χ1n) is 40.6. The highest BCUT2D eigenvalue weighted by Gasteiger charge is 2.23. The standard InChI is InChI=1S/C110H68N10/c1-7-23-70(24-8-1)105-111-106(71-25-9-2-10-26-71)114-109(113-105)82-42-40-75-61-87(52-44-74(75)59-82)119-98-38-22-20-36-90(98)92-64-77(46-54-100(92)119)78-47-55-101-93(65-78)94-66-80(48-56-102(94)118(101)86-33-17-6-18-34-86)81-50-58-104-96(68-81)95-67-79(76-45-53-99-91(63-76)89-35-19-21-37-97(89)117(99)85-31-15-5-16-32-85)49-57-103(95)120(104)88-51-43-69-39-41-83(60-84(69)62-88)110-115-107(72-27-11-3-12-28-72)112-108(116-110)73-29-13-4-14-30-73/h1-68H. The third-order valence-corrected chi connectivity index (χ3v) is 24.0. The number of fused-ring (bicyclic) bond motifs is 14. The summed E-state index contributed by atoms with van der Waals surface area (Å²) in [6, 6.07) is 148. The van der Waals surface area contributed by atoms with E-state index in [0.29, 0.717) is 34.9 Å². The normalized spacial score (nSPS) is 11.8. The fourth-order valence-electron chi connectivity index (χ4n) is 18.2. The van der Waals surface area contributed by atoms with Gasteiger partial charge in [-0.15, -0.1) is 0 Å². The molecule has 0 bridgehead atoms. The van der Waals surface area contributed by atoms with E-state index in [-0.39, 0.29) is 0 Å². The van der Waals surface area contributed by atoms with Gasteiger partial charge in [0, 0.05) is 99.2 Å². The van der Waals surface area contributed by atoms with Crippen LogP contribution in [0.5, 0.6) is 0 Å². The van der Waals surface area contributed by atoms with Crippen LogP contribution >= 0.6 is 0 Å². The number of rotatable bonds is 13. The van der Waals surface area contributed by atoms with Gasteiger partial charge in [0.05, 0.1) is 44.1 Å². The van der Waals surface area contributed by atoms with Gasteiger partial charge in [0.1, 0.15) is 0 Å². The van der Waals surface area contributed by atoms with Crippen molar-refractivity contribution in [3.63, 3.8) is 0 Å². The number of hydrogen-bond donors (Lipinski definition) is 0. The van der Waals surface area contributed by atoms with Crippen molar-refractivity contribution in [2.75, 3.05) is 0 Å². The molecule has 0 aliphatic heterocycles. The van der Waals surface area contributed by atoms with E-state index < -0.39 is 0 Å². The number of aromatic nitrogens is 10. The molecule has 10 heteroatoms. The fraction of sp³-hybridized carbons (Fsp3) is 0. The van der Waals surface area contributed by atoms with Gasteiger partial charge in [-0.2, -0.15) is 0 Å². The van der Waals surface area contributed by atoms with E-state index in [1.54, 1.807) is 0 Å². The van der Waals surface area contributed by atoms with E-state index in [1.807, 2.05) is 97.1 Å².